The first-order chi connectivity index (χ1) is 25.0. The van der Waals surface area contributed by atoms with Gasteiger partial charge in [-0.2, -0.15) is 18.4 Å². The summed E-state index contributed by atoms with van der Waals surface area (Å²) in [7, 11) is 0. The number of aromatic amines is 1. The molecule has 282 valence electrons. The molecule has 1 atom stereocenters. The van der Waals surface area contributed by atoms with E-state index in [9.17, 15) is 27.6 Å². The van der Waals surface area contributed by atoms with Crippen molar-refractivity contribution < 1.29 is 42.2 Å². The van der Waals surface area contributed by atoms with Crippen LogP contribution in [0.5, 0.6) is 0 Å². The Morgan fingerprint density at radius 1 is 0.925 bits per heavy atom. The minimum absolute atomic E-state index is 0.150. The molecule has 2 aromatic carbocycles. The average molecular weight is 739 g/mol. The van der Waals surface area contributed by atoms with E-state index in [1.54, 1.807) is 41.6 Å². The number of hydrogen-bond donors (Lipinski definition) is 4. The summed E-state index contributed by atoms with van der Waals surface area (Å²) in [5.41, 5.74) is 9.65. The molecule has 14 nitrogen and oxygen atoms in total. The third kappa shape index (κ3) is 11.8. The number of aliphatic carboxylic acids is 1. The minimum Gasteiger partial charge on any atom is -0.475 e. The summed E-state index contributed by atoms with van der Waals surface area (Å²) in [6, 6.07) is 18.0. The van der Waals surface area contributed by atoms with Crippen molar-refractivity contribution in [3.63, 3.8) is 0 Å². The number of benzene rings is 2. The molecule has 5 rings (SSSR count). The lowest BCUT2D eigenvalue weighted by Gasteiger charge is -2.36. The first-order valence-corrected chi connectivity index (χ1v) is 16.7. The molecule has 1 aliphatic rings. The molecule has 1 saturated carbocycles. The maximum atomic E-state index is 14.3. The Bertz CT molecular complexity index is 1810. The van der Waals surface area contributed by atoms with Gasteiger partial charge in [0.15, 0.2) is 0 Å². The highest BCUT2D eigenvalue weighted by Crippen LogP contribution is 2.33. The highest BCUT2D eigenvalue weighted by molar-refractivity contribution is 6.01. The summed E-state index contributed by atoms with van der Waals surface area (Å²) < 4.78 is 37.1. The van der Waals surface area contributed by atoms with Crippen LogP contribution in [0.15, 0.2) is 73.1 Å². The number of rotatable bonds is 10. The van der Waals surface area contributed by atoms with E-state index < -0.39 is 35.8 Å². The zero-order valence-electron chi connectivity index (χ0n) is 29.3. The number of nitrogens with zero attached hydrogens (tertiary/aromatic N) is 5. The number of alkyl carbamates (subject to hydrolysis) is 1. The number of nitrogens with two attached hydrogens (primary N) is 1. The molecular formula is C36H41F3N8O6. The van der Waals surface area contributed by atoms with Crippen molar-refractivity contribution in [2.24, 2.45) is 17.6 Å². The summed E-state index contributed by atoms with van der Waals surface area (Å²) >= 11 is 0. The predicted molar refractivity (Wildman–Crippen MR) is 187 cm³/mol. The number of anilines is 1. The standard InChI is InChI=1S/C34H40N8O4.C2HF3O2/c1-34(2,3)46-33(45)37-21-23-6-10-27(11-7-23)32(44)42(28-14-12-26(13-15-28)31-38-40-41-39-31)29(30(35)43)20-22-4-8-24(9-5-22)25-16-18-36-19-17-25;3-2(4,5)1(6)7/h4-5,8-9,12-19,23,27,29H,6-7,10-11,20-21H2,1-3H3,(H2,35,43)(H,37,45)(H,38,39,40,41);(H,6,7)/t23?,27?,29-;/m0./s1. The summed E-state index contributed by atoms with van der Waals surface area (Å²) in [4.78, 5) is 54.1. The number of primary amides is 1. The number of alkyl halides is 3. The van der Waals surface area contributed by atoms with Crippen LogP contribution in [0.25, 0.3) is 22.5 Å². The molecule has 0 radical (unpaired) electrons. The van der Waals surface area contributed by atoms with Gasteiger partial charge in [0.05, 0.1) is 0 Å². The summed E-state index contributed by atoms with van der Waals surface area (Å²) in [6.45, 7) is 5.96. The number of carboxylic acid groups (broad SMARTS) is 1. The van der Waals surface area contributed by atoms with E-state index in [2.05, 4.69) is 30.9 Å². The molecule has 2 aromatic heterocycles. The zero-order valence-corrected chi connectivity index (χ0v) is 29.3. The molecule has 17 heteroatoms. The molecule has 0 saturated heterocycles. The van der Waals surface area contributed by atoms with Gasteiger partial charge < -0.3 is 20.9 Å². The number of carboxylic acids is 1. The van der Waals surface area contributed by atoms with E-state index in [0.29, 0.717) is 36.5 Å². The fourth-order valence-corrected chi connectivity index (χ4v) is 5.79. The smallest absolute Gasteiger partial charge is 0.475 e. The molecule has 1 fully saturated rings. The second-order valence-corrected chi connectivity index (χ2v) is 13.4. The van der Waals surface area contributed by atoms with Gasteiger partial charge in [0.1, 0.15) is 11.6 Å². The van der Waals surface area contributed by atoms with E-state index >= 15 is 0 Å². The van der Waals surface area contributed by atoms with Crippen molar-refractivity contribution in [1.82, 2.24) is 30.9 Å². The monoisotopic (exact) mass is 738 g/mol. The molecule has 0 bridgehead atoms. The van der Waals surface area contributed by atoms with Gasteiger partial charge in [-0.25, -0.2) is 9.59 Å². The van der Waals surface area contributed by atoms with Crippen LogP contribution in [0.3, 0.4) is 0 Å². The summed E-state index contributed by atoms with van der Waals surface area (Å²) in [5, 5.41) is 24.1. The number of aromatic nitrogens is 5. The number of carbonyl (C=O) groups excluding carboxylic acids is 3. The van der Waals surface area contributed by atoms with E-state index in [-0.39, 0.29) is 24.2 Å². The molecule has 5 N–H and O–H groups in total. The fraction of sp³-hybridized carbons (Fsp3) is 0.389. The third-order valence-electron chi connectivity index (χ3n) is 8.40. The van der Waals surface area contributed by atoms with Crippen LogP contribution in [-0.2, 0) is 25.5 Å². The second-order valence-electron chi connectivity index (χ2n) is 13.4. The van der Waals surface area contributed by atoms with Crippen LogP contribution >= 0.6 is 0 Å². The van der Waals surface area contributed by atoms with Crippen molar-refractivity contribution in [3.05, 3.63) is 78.6 Å². The molecule has 4 aromatic rings. The normalized spacial score (nSPS) is 16.3. The fourth-order valence-electron chi connectivity index (χ4n) is 5.79. The van der Waals surface area contributed by atoms with Crippen molar-refractivity contribution in [2.45, 2.75) is 70.7 Å². The Morgan fingerprint density at radius 2 is 1.49 bits per heavy atom. The van der Waals surface area contributed by atoms with Gasteiger partial charge in [-0.05, 0) is 111 Å². The van der Waals surface area contributed by atoms with Gasteiger partial charge in [-0.15, -0.1) is 10.2 Å². The number of nitrogens with one attached hydrogen (secondary N) is 2. The van der Waals surface area contributed by atoms with E-state index in [4.69, 9.17) is 20.4 Å². The Labute approximate surface area is 303 Å². The van der Waals surface area contributed by atoms with Crippen LogP contribution < -0.4 is 16.0 Å². The van der Waals surface area contributed by atoms with Gasteiger partial charge in [-0.1, -0.05) is 24.3 Å². The van der Waals surface area contributed by atoms with Crippen LogP contribution in [-0.4, -0.2) is 79.0 Å². The quantitative estimate of drug-likeness (QED) is 0.165. The average Bonchev–Trinajstić information content (AvgIpc) is 3.66. The van der Waals surface area contributed by atoms with Gasteiger partial charge in [0.2, 0.25) is 17.6 Å². The first kappa shape index (κ1) is 39.9. The molecule has 0 spiro atoms. The topological polar surface area (TPSA) is 206 Å². The molecule has 53 heavy (non-hydrogen) atoms. The van der Waals surface area contributed by atoms with Crippen LogP contribution in [0.1, 0.15) is 52.0 Å². The largest absolute Gasteiger partial charge is 0.490 e. The van der Waals surface area contributed by atoms with Gasteiger partial charge in [0.25, 0.3) is 0 Å². The molecule has 0 aliphatic heterocycles. The lowest BCUT2D eigenvalue weighted by atomic mass is 9.81. The van der Waals surface area contributed by atoms with Gasteiger partial charge >= 0.3 is 18.2 Å². The molecule has 2 heterocycles. The van der Waals surface area contributed by atoms with Crippen LogP contribution in [0.4, 0.5) is 23.7 Å². The number of pyridine rings is 1. The van der Waals surface area contributed by atoms with Gasteiger partial charge in [-0.3, -0.25) is 19.5 Å². The highest BCUT2D eigenvalue weighted by Gasteiger charge is 2.38. The number of H-pyrrole nitrogens is 1. The minimum atomic E-state index is -5.08. The molecule has 3 amide bonds. The lowest BCUT2D eigenvalue weighted by molar-refractivity contribution is -0.192. The number of carbonyl (C=O) groups is 4. The van der Waals surface area contributed by atoms with E-state index in [1.807, 2.05) is 57.2 Å². The Morgan fingerprint density at radius 3 is 2.00 bits per heavy atom. The lowest BCUT2D eigenvalue weighted by Crippen LogP contribution is -2.52. The SMILES string of the molecule is CC(C)(C)OC(=O)NCC1CCC(C(=O)N(c2ccc(-c3nn[nH]n3)cc2)[C@@H](Cc2ccc(-c3ccncc3)cc2)C(N)=O)CC1.O=C(O)C(F)(F)F. The maximum absolute atomic E-state index is 14.3. The molecule has 1 aliphatic carbocycles. The van der Waals surface area contributed by atoms with Crippen molar-refractivity contribution >= 4 is 29.6 Å². The number of amides is 3. The second kappa shape index (κ2) is 17.6. The summed E-state index contributed by atoms with van der Waals surface area (Å²) in [6.07, 6.45) is 0.976. The highest BCUT2D eigenvalue weighted by atomic mass is 19.4. The van der Waals surface area contributed by atoms with Gasteiger partial charge in [0, 0.05) is 42.5 Å². The molecular weight excluding hydrogens is 697 g/mol. The van der Waals surface area contributed by atoms with Crippen molar-refractivity contribution in [3.8, 4) is 22.5 Å². The Balaban J connectivity index is 0.000000815. The van der Waals surface area contributed by atoms with Crippen molar-refractivity contribution in [1.29, 1.82) is 0 Å². The third-order valence-corrected chi connectivity index (χ3v) is 8.40. The number of halogens is 3. The van der Waals surface area contributed by atoms with E-state index in [1.165, 1.54) is 0 Å². The predicted octanol–water partition coefficient (Wildman–Crippen LogP) is 5.32. The van der Waals surface area contributed by atoms with Crippen LogP contribution in [0, 0.1) is 11.8 Å². The van der Waals surface area contributed by atoms with Crippen LogP contribution in [0.2, 0.25) is 0 Å². The van der Waals surface area contributed by atoms with E-state index in [0.717, 1.165) is 29.5 Å². The maximum Gasteiger partial charge on any atom is 0.490 e. The number of hydrogen-bond acceptors (Lipinski definition) is 9. The first-order valence-electron chi connectivity index (χ1n) is 16.7. The molecule has 0 unspecified atom stereocenters. The van der Waals surface area contributed by atoms with Crippen molar-refractivity contribution in [2.75, 3.05) is 11.4 Å². The Hall–Kier alpha value is -5.87. The summed E-state index contributed by atoms with van der Waals surface area (Å²) in [5.74, 6) is -3.15. The number of ether oxygens (including phenoxy) is 1. The number of tetrazole rings is 1. The Kier molecular flexibility index (Phi) is 13.2. The zero-order chi connectivity index (χ0) is 38.8.